The Bertz CT molecular complexity index is 3830. The summed E-state index contributed by atoms with van der Waals surface area (Å²) in [6.45, 7) is 0. The Hall–Kier alpha value is -8.41. The molecule has 0 spiro atoms. The van der Waals surface area contributed by atoms with Gasteiger partial charge in [0.1, 0.15) is 0 Å². The molecule has 0 saturated heterocycles. The number of nitrogens with zero attached hydrogens (tertiary/aromatic N) is 5. The van der Waals surface area contributed by atoms with Crippen LogP contribution in [0.3, 0.4) is 0 Å². The molecular weight excluding hydrogens is 755 g/mol. The Morgan fingerprint density at radius 2 is 0.790 bits per heavy atom. The van der Waals surface area contributed by atoms with Crippen LogP contribution in [-0.4, -0.2) is 24.1 Å². The van der Waals surface area contributed by atoms with Crippen molar-refractivity contribution in [1.29, 1.82) is 0 Å². The number of fused-ring (bicyclic) bond motifs is 11. The summed E-state index contributed by atoms with van der Waals surface area (Å²) in [5, 5.41) is 12.1. The molecule has 3 heterocycles. The van der Waals surface area contributed by atoms with Crippen LogP contribution in [0.15, 0.2) is 212 Å². The predicted octanol–water partition coefficient (Wildman–Crippen LogP) is 14.5. The molecule has 0 bridgehead atoms. The molecule has 13 aromatic rings. The van der Waals surface area contributed by atoms with Gasteiger partial charge >= 0.3 is 0 Å². The molecule has 0 atom stereocenters. The van der Waals surface area contributed by atoms with Crippen LogP contribution in [-0.2, 0) is 0 Å². The van der Waals surface area contributed by atoms with Crippen molar-refractivity contribution in [3.63, 3.8) is 0 Å². The highest BCUT2D eigenvalue weighted by molar-refractivity contribution is 6.29. The Balaban J connectivity index is 1.08. The molecule has 0 amide bonds. The molecular formula is C57H35N5. The molecule has 0 aliphatic rings. The van der Waals surface area contributed by atoms with E-state index in [-0.39, 0.29) is 0 Å². The minimum atomic E-state index is 0.612. The fourth-order valence-corrected chi connectivity index (χ4v) is 9.73. The van der Waals surface area contributed by atoms with E-state index in [1.807, 2.05) is 18.2 Å². The number of rotatable bonds is 5. The molecule has 0 aliphatic heterocycles. The van der Waals surface area contributed by atoms with Gasteiger partial charge in [0.25, 0.3) is 0 Å². The van der Waals surface area contributed by atoms with Crippen molar-refractivity contribution in [1.82, 2.24) is 24.1 Å². The summed E-state index contributed by atoms with van der Waals surface area (Å²) in [6, 6.07) is 75.7. The first-order valence-electron chi connectivity index (χ1n) is 21.0. The van der Waals surface area contributed by atoms with E-state index < -0.39 is 0 Å². The topological polar surface area (TPSA) is 48.5 Å². The van der Waals surface area contributed by atoms with Crippen LogP contribution < -0.4 is 0 Å². The minimum absolute atomic E-state index is 0.612. The zero-order valence-electron chi connectivity index (χ0n) is 33.4. The summed E-state index contributed by atoms with van der Waals surface area (Å²) >= 11 is 0. The number of hydrogen-bond donors (Lipinski definition) is 0. The van der Waals surface area contributed by atoms with E-state index in [1.165, 1.54) is 43.1 Å². The summed E-state index contributed by atoms with van der Waals surface area (Å²) in [6.07, 6.45) is 0. The van der Waals surface area contributed by atoms with Crippen LogP contribution in [0, 0.1) is 0 Å². The summed E-state index contributed by atoms with van der Waals surface area (Å²) < 4.78 is 4.79. The average molecular weight is 790 g/mol. The lowest BCUT2D eigenvalue weighted by molar-refractivity contribution is 1.07. The summed E-state index contributed by atoms with van der Waals surface area (Å²) in [4.78, 5) is 15.8. The number of para-hydroxylation sites is 2. The van der Waals surface area contributed by atoms with Crippen LogP contribution in [0.5, 0.6) is 0 Å². The van der Waals surface area contributed by atoms with Gasteiger partial charge in [-0.05, 0) is 75.5 Å². The number of benzene rings is 10. The maximum Gasteiger partial charge on any atom is 0.164 e. The molecule has 3 aromatic heterocycles. The van der Waals surface area contributed by atoms with E-state index >= 15 is 0 Å². The molecule has 0 radical (unpaired) electrons. The summed E-state index contributed by atoms with van der Waals surface area (Å²) in [5.74, 6) is 1.85. The molecule has 288 valence electrons. The lowest BCUT2D eigenvalue weighted by atomic mass is 10.00. The Labute approximate surface area is 356 Å². The maximum atomic E-state index is 5.36. The van der Waals surface area contributed by atoms with E-state index in [4.69, 9.17) is 15.0 Å². The van der Waals surface area contributed by atoms with Gasteiger partial charge in [0.05, 0.1) is 27.8 Å². The second-order valence-electron chi connectivity index (χ2n) is 16.0. The third-order valence-electron chi connectivity index (χ3n) is 12.5. The molecule has 0 aliphatic carbocycles. The first kappa shape index (κ1) is 34.5. The van der Waals surface area contributed by atoms with Gasteiger partial charge < -0.3 is 9.13 Å². The highest BCUT2D eigenvalue weighted by atomic mass is 15.0. The maximum absolute atomic E-state index is 5.36. The van der Waals surface area contributed by atoms with Gasteiger partial charge in [0.2, 0.25) is 0 Å². The molecule has 10 aromatic carbocycles. The van der Waals surface area contributed by atoms with Crippen LogP contribution >= 0.6 is 0 Å². The van der Waals surface area contributed by atoms with Crippen molar-refractivity contribution in [3.8, 4) is 45.5 Å². The molecule has 62 heavy (non-hydrogen) atoms. The molecule has 5 nitrogen and oxygen atoms in total. The quantitative estimate of drug-likeness (QED) is 0.174. The zero-order valence-corrected chi connectivity index (χ0v) is 33.4. The predicted molar refractivity (Wildman–Crippen MR) is 257 cm³/mol. The van der Waals surface area contributed by atoms with Gasteiger partial charge in [-0.1, -0.05) is 164 Å². The van der Waals surface area contributed by atoms with Crippen molar-refractivity contribution >= 4 is 75.9 Å². The highest BCUT2D eigenvalue weighted by Gasteiger charge is 2.21. The largest absolute Gasteiger partial charge is 0.309 e. The summed E-state index contributed by atoms with van der Waals surface area (Å²) in [7, 11) is 0. The van der Waals surface area contributed by atoms with E-state index in [1.54, 1.807) is 0 Å². The van der Waals surface area contributed by atoms with Crippen LogP contribution in [0.25, 0.3) is 121 Å². The molecule has 0 N–H and O–H groups in total. The standard InChI is InChI=1S/C57H35N5/c1-3-17-38(18-4-1)55-58-56(40-27-30-47-46-25-13-14-26-48(46)61(52(47)34-40)42-20-5-2-6-21-42)60-57(59-55)41-33-39-19-9-10-22-43(39)51(35-41)62-49-31-28-36-15-7-11-23-44(36)53(49)54-45-24-12-8-16-37(45)29-32-50(54)62/h1-35H. The smallest absolute Gasteiger partial charge is 0.164 e. The van der Waals surface area contributed by atoms with E-state index in [0.29, 0.717) is 17.5 Å². The molecule has 0 unspecified atom stereocenters. The van der Waals surface area contributed by atoms with Gasteiger partial charge in [-0.25, -0.2) is 15.0 Å². The van der Waals surface area contributed by atoms with Crippen molar-refractivity contribution in [3.05, 3.63) is 212 Å². The third kappa shape index (κ3) is 5.25. The van der Waals surface area contributed by atoms with E-state index in [9.17, 15) is 0 Å². The molecule has 5 heteroatoms. The highest BCUT2D eigenvalue weighted by Crippen LogP contribution is 2.43. The first-order chi connectivity index (χ1) is 30.7. The van der Waals surface area contributed by atoms with Gasteiger partial charge in [-0.3, -0.25) is 0 Å². The first-order valence-corrected chi connectivity index (χ1v) is 21.0. The Morgan fingerprint density at radius 1 is 0.274 bits per heavy atom. The Morgan fingerprint density at radius 3 is 1.47 bits per heavy atom. The van der Waals surface area contributed by atoms with E-state index in [0.717, 1.165) is 60.9 Å². The summed E-state index contributed by atoms with van der Waals surface area (Å²) in [5.41, 5.74) is 9.49. The Kier molecular flexibility index (Phi) is 7.54. The molecule has 0 saturated carbocycles. The van der Waals surface area contributed by atoms with E-state index in [2.05, 4.69) is 203 Å². The van der Waals surface area contributed by atoms with Crippen molar-refractivity contribution in [2.24, 2.45) is 0 Å². The number of hydrogen-bond acceptors (Lipinski definition) is 3. The second-order valence-corrected chi connectivity index (χ2v) is 16.0. The normalized spacial score (nSPS) is 11.9. The minimum Gasteiger partial charge on any atom is -0.309 e. The molecule has 0 fully saturated rings. The van der Waals surface area contributed by atoms with Crippen LogP contribution in [0.1, 0.15) is 0 Å². The van der Waals surface area contributed by atoms with Gasteiger partial charge in [-0.15, -0.1) is 0 Å². The third-order valence-corrected chi connectivity index (χ3v) is 12.5. The SMILES string of the molecule is c1ccc(-c2nc(-c3cc(-n4c5ccc6ccccc6c5c5c6ccccc6ccc54)c4ccccc4c3)nc(-c3ccc4c5ccccc5n(-c5ccccc5)c4c3)n2)cc1. The van der Waals surface area contributed by atoms with Crippen molar-refractivity contribution in [2.45, 2.75) is 0 Å². The second kappa shape index (κ2) is 13.6. The lowest BCUT2D eigenvalue weighted by Gasteiger charge is -2.15. The van der Waals surface area contributed by atoms with Gasteiger partial charge in [-0.2, -0.15) is 0 Å². The molecule has 13 rings (SSSR count). The average Bonchev–Trinajstić information content (AvgIpc) is 3.87. The van der Waals surface area contributed by atoms with Crippen LogP contribution in [0.2, 0.25) is 0 Å². The monoisotopic (exact) mass is 789 g/mol. The fraction of sp³-hybridized carbons (Fsp3) is 0. The number of aromatic nitrogens is 5. The van der Waals surface area contributed by atoms with Crippen LogP contribution in [0.4, 0.5) is 0 Å². The van der Waals surface area contributed by atoms with Crippen molar-refractivity contribution in [2.75, 3.05) is 0 Å². The van der Waals surface area contributed by atoms with Gasteiger partial charge in [0.15, 0.2) is 17.5 Å². The zero-order chi connectivity index (χ0) is 40.7. The van der Waals surface area contributed by atoms with Gasteiger partial charge in [0, 0.05) is 49.3 Å². The lowest BCUT2D eigenvalue weighted by Crippen LogP contribution is -2.02. The fourth-order valence-electron chi connectivity index (χ4n) is 9.73. The van der Waals surface area contributed by atoms with Crippen molar-refractivity contribution < 1.29 is 0 Å².